The highest BCUT2D eigenvalue weighted by atomic mass is 32.1. The number of halogens is 6. The van der Waals surface area contributed by atoms with Crippen LogP contribution in [0.15, 0.2) is 67.3 Å². The first-order valence-electron chi connectivity index (χ1n) is 16.3. The lowest BCUT2D eigenvalue weighted by Gasteiger charge is -2.10. The molecule has 0 aliphatic rings. The molecule has 304 valence electrons. The summed E-state index contributed by atoms with van der Waals surface area (Å²) in [6, 6.07) is 10.3. The molecule has 57 heavy (non-hydrogen) atoms. The van der Waals surface area contributed by atoms with E-state index in [9.17, 15) is 50.3 Å². The minimum absolute atomic E-state index is 0.0628. The second kappa shape index (κ2) is 18.2. The molecule has 6 rings (SSSR count). The van der Waals surface area contributed by atoms with Crippen LogP contribution < -0.4 is 27.5 Å². The average Bonchev–Trinajstić information content (AvgIpc) is 3.70. The van der Waals surface area contributed by atoms with E-state index >= 15 is 0 Å². The lowest BCUT2D eigenvalue weighted by Crippen LogP contribution is -2.35. The molecule has 3 N–H and O–H groups in total. The van der Waals surface area contributed by atoms with Crippen LogP contribution in [0.3, 0.4) is 0 Å². The molecule has 4 heterocycles. The molecule has 15 nitrogen and oxygen atoms in total. The predicted molar refractivity (Wildman–Crippen MR) is 198 cm³/mol. The molecular formula is C34H31F6N7O8S2. The lowest BCUT2D eigenvalue weighted by molar-refractivity contribution is -0.143. The van der Waals surface area contributed by atoms with E-state index in [-0.39, 0.29) is 37.1 Å². The van der Waals surface area contributed by atoms with Gasteiger partial charge in [-0.3, -0.25) is 14.4 Å². The largest absolute Gasteiger partial charge is 0.466 e. The maximum absolute atomic E-state index is 12.7. The Labute approximate surface area is 324 Å². The number of benzene rings is 2. The number of carbonyl (C=O) groups excluding carboxylic acids is 2. The van der Waals surface area contributed by atoms with E-state index in [0.717, 1.165) is 27.3 Å². The molecular weight excluding hydrogens is 813 g/mol. The van der Waals surface area contributed by atoms with Crippen molar-refractivity contribution in [3.8, 4) is 5.69 Å². The number of rotatable bonds is 8. The van der Waals surface area contributed by atoms with Crippen LogP contribution in [0, 0.1) is 0 Å². The van der Waals surface area contributed by atoms with Crippen LogP contribution in [0.5, 0.6) is 0 Å². The van der Waals surface area contributed by atoms with Crippen LogP contribution >= 0.6 is 23.1 Å². The van der Waals surface area contributed by atoms with Gasteiger partial charge in [-0.2, -0.15) is 40.1 Å². The first-order valence-corrected chi connectivity index (χ1v) is 17.8. The molecule has 0 atom stereocenters. The van der Waals surface area contributed by atoms with Crippen LogP contribution in [0.4, 0.5) is 38.0 Å². The second-order valence-corrected chi connectivity index (χ2v) is 13.2. The van der Waals surface area contributed by atoms with Crippen molar-refractivity contribution >= 4 is 66.9 Å². The third-order valence-electron chi connectivity index (χ3n) is 7.16. The number of hydrogen-bond donors (Lipinski definition) is 2. The summed E-state index contributed by atoms with van der Waals surface area (Å²) in [5.74, 6) is -0.739. The molecule has 0 saturated heterocycles. The molecule has 0 radical (unpaired) electrons. The van der Waals surface area contributed by atoms with Gasteiger partial charge in [-0.1, -0.05) is 0 Å². The second-order valence-electron chi connectivity index (χ2n) is 11.6. The number of nitrogens with zero attached hydrogens (tertiary/aromatic N) is 5. The van der Waals surface area contributed by atoms with Crippen molar-refractivity contribution in [3.05, 3.63) is 103 Å². The van der Waals surface area contributed by atoms with Gasteiger partial charge in [-0.05, 0) is 73.3 Å². The summed E-state index contributed by atoms with van der Waals surface area (Å²) < 4.78 is 99.5. The number of carbonyl (C=O) groups is 2. The molecule has 23 heteroatoms. The average molecular weight is 844 g/mol. The molecule has 0 spiro atoms. The standard InChI is InChI=1S/C16H12F3N3O4S.C11H12N2O2S.C7H7F3N2O2/c1-2-26-14(24)6-10-9-5-8(3-4-11(9)27-21-10)22-13(23)7-12(16(17,18)19)20-15(22)25;1-2-15-11(14)6-9-8-5-7(12)3-4-10(8)16-13-9;1-12(2)6-11-4(7(8,9)10)3-5(13)14-6/h3-5,7H,2,6H2,1H3,(H,20,25);3-5H,2,6,12H2,1H3;3H,1-2H3. The van der Waals surface area contributed by atoms with Crippen molar-refractivity contribution in [2.24, 2.45) is 0 Å². The van der Waals surface area contributed by atoms with Gasteiger partial charge in [-0.25, -0.2) is 14.2 Å². The van der Waals surface area contributed by atoms with Crippen LogP contribution in [0.25, 0.3) is 25.9 Å². The predicted octanol–water partition coefficient (Wildman–Crippen LogP) is 5.36. The van der Waals surface area contributed by atoms with Crippen LogP contribution in [0.2, 0.25) is 0 Å². The number of nitrogens with one attached hydrogen (secondary N) is 1. The summed E-state index contributed by atoms with van der Waals surface area (Å²) in [6.07, 6.45) is -9.38. The number of H-pyrrole nitrogens is 1. The van der Waals surface area contributed by atoms with Crippen molar-refractivity contribution < 1.29 is 49.8 Å². The quantitative estimate of drug-likeness (QED) is 0.113. The highest BCUT2D eigenvalue weighted by Gasteiger charge is 2.34. The van der Waals surface area contributed by atoms with Crippen molar-refractivity contribution in [2.45, 2.75) is 39.0 Å². The zero-order valence-corrected chi connectivity index (χ0v) is 31.7. The number of fused-ring (bicyclic) bond motifs is 2. The number of hydrogen-bond acceptors (Lipinski definition) is 15. The fourth-order valence-corrected chi connectivity index (χ4v) is 6.24. The number of aromatic nitrogens is 5. The highest BCUT2D eigenvalue weighted by Crippen LogP contribution is 2.29. The number of esters is 2. The normalized spacial score (nSPS) is 11.3. The Bertz CT molecular complexity index is 2530. The van der Waals surface area contributed by atoms with E-state index in [1.54, 1.807) is 24.9 Å². The molecule has 0 bridgehead atoms. The molecule has 4 aromatic heterocycles. The van der Waals surface area contributed by atoms with Crippen molar-refractivity contribution in [1.29, 1.82) is 0 Å². The first kappa shape index (κ1) is 43.6. The van der Waals surface area contributed by atoms with Crippen molar-refractivity contribution in [1.82, 2.24) is 23.3 Å². The third kappa shape index (κ3) is 11.5. The Morgan fingerprint density at radius 2 is 1.37 bits per heavy atom. The summed E-state index contributed by atoms with van der Waals surface area (Å²) in [7, 11) is 2.84. The van der Waals surface area contributed by atoms with Gasteiger partial charge >= 0.3 is 35.6 Å². The molecule has 0 amide bonds. The maximum Gasteiger partial charge on any atom is 0.433 e. The summed E-state index contributed by atoms with van der Waals surface area (Å²) in [5, 5.41) is 1.45. The third-order valence-corrected chi connectivity index (χ3v) is 8.89. The van der Waals surface area contributed by atoms with Crippen LogP contribution in [0.1, 0.15) is 36.6 Å². The van der Waals surface area contributed by atoms with Gasteiger partial charge in [0.15, 0.2) is 5.69 Å². The van der Waals surface area contributed by atoms with Crippen molar-refractivity contribution in [2.75, 3.05) is 37.9 Å². The van der Waals surface area contributed by atoms with Gasteiger partial charge in [0, 0.05) is 36.6 Å². The molecule has 0 fully saturated rings. The lowest BCUT2D eigenvalue weighted by atomic mass is 10.1. The highest BCUT2D eigenvalue weighted by molar-refractivity contribution is 7.13. The molecule has 2 aromatic carbocycles. The minimum Gasteiger partial charge on any atom is -0.466 e. The van der Waals surface area contributed by atoms with E-state index in [1.165, 1.54) is 42.7 Å². The molecule has 0 unspecified atom stereocenters. The van der Waals surface area contributed by atoms with Gasteiger partial charge < -0.3 is 29.5 Å². The maximum atomic E-state index is 12.7. The van der Waals surface area contributed by atoms with Crippen LogP contribution in [-0.4, -0.2) is 62.5 Å². The van der Waals surface area contributed by atoms with E-state index in [4.69, 9.17) is 15.2 Å². The Balaban J connectivity index is 0.000000205. The molecule has 0 saturated carbocycles. The smallest absolute Gasteiger partial charge is 0.433 e. The van der Waals surface area contributed by atoms with Gasteiger partial charge in [-0.15, -0.1) is 0 Å². The SMILES string of the molecule is CCOC(=O)Cc1nsc2ccc(-n3c(=O)cc(C(F)(F)F)[nH]c3=O)cc12.CCOC(=O)Cc1nsc2ccc(N)cc12.CN(C)c1nc(C(F)(F)F)cc(=O)o1. The first-order chi connectivity index (χ1) is 26.7. The summed E-state index contributed by atoms with van der Waals surface area (Å²) in [5.41, 5.74) is 1.49. The number of nitrogen functional groups attached to an aromatic ring is 1. The Morgan fingerprint density at radius 3 is 1.86 bits per heavy atom. The van der Waals surface area contributed by atoms with Gasteiger partial charge in [0.2, 0.25) is 0 Å². The van der Waals surface area contributed by atoms with Gasteiger partial charge in [0.05, 0.1) is 58.6 Å². The number of alkyl halides is 6. The fourth-order valence-electron chi connectivity index (χ4n) is 4.69. The summed E-state index contributed by atoms with van der Waals surface area (Å²) >= 11 is 2.48. The van der Waals surface area contributed by atoms with Crippen LogP contribution in [-0.2, 0) is 44.3 Å². The molecule has 0 aliphatic heterocycles. The van der Waals surface area contributed by atoms with E-state index in [2.05, 4.69) is 18.1 Å². The summed E-state index contributed by atoms with van der Waals surface area (Å²) in [6.45, 7) is 4.05. The van der Waals surface area contributed by atoms with E-state index in [0.29, 0.717) is 44.8 Å². The monoisotopic (exact) mass is 843 g/mol. The summed E-state index contributed by atoms with van der Waals surface area (Å²) in [4.78, 5) is 63.9. The van der Waals surface area contributed by atoms with E-state index in [1.807, 2.05) is 18.2 Å². The Hall–Kier alpha value is -6.10. The fraction of sp³-hybridized carbons (Fsp3) is 0.294. The number of ether oxygens (including phenoxy) is 2. The Kier molecular flexibility index (Phi) is 14.0. The number of nitrogens with two attached hydrogens (primary N) is 1. The van der Waals surface area contributed by atoms with E-state index < -0.39 is 46.6 Å². The Morgan fingerprint density at radius 1 is 0.825 bits per heavy atom. The number of anilines is 2. The van der Waals surface area contributed by atoms with Crippen molar-refractivity contribution in [3.63, 3.8) is 0 Å². The zero-order chi connectivity index (χ0) is 42.2. The van der Waals surface area contributed by atoms with Gasteiger partial charge in [0.25, 0.3) is 11.6 Å². The topological polar surface area (TPSA) is 206 Å². The minimum atomic E-state index is -4.84. The number of aromatic amines is 1. The molecule has 0 aliphatic carbocycles. The van der Waals surface area contributed by atoms with Gasteiger partial charge in [0.1, 0.15) is 5.69 Å². The zero-order valence-electron chi connectivity index (χ0n) is 30.1. The molecule has 6 aromatic rings.